The van der Waals surface area contributed by atoms with Crippen LogP contribution in [0.3, 0.4) is 0 Å². The van der Waals surface area contributed by atoms with Crippen LogP contribution in [0.2, 0.25) is 0 Å². The van der Waals surface area contributed by atoms with Gasteiger partial charge in [-0.2, -0.15) is 0 Å². The minimum absolute atomic E-state index is 0.134. The molecule has 3 aromatic rings. The number of rotatable bonds is 8. The molecule has 3 rings (SSSR count). The maximum absolute atomic E-state index is 13.4. The summed E-state index contributed by atoms with van der Waals surface area (Å²) in [4.78, 5) is 26.0. The van der Waals surface area contributed by atoms with Gasteiger partial charge in [0.25, 0.3) is 0 Å². The van der Waals surface area contributed by atoms with E-state index in [9.17, 15) is 9.59 Å². The van der Waals surface area contributed by atoms with Crippen molar-refractivity contribution in [3.05, 3.63) is 90.9 Å². The van der Waals surface area contributed by atoms with E-state index in [2.05, 4.69) is 15.9 Å². The molecule has 0 saturated heterocycles. The number of benzene rings is 3. The summed E-state index contributed by atoms with van der Waals surface area (Å²) in [5, 5.41) is 0. The van der Waals surface area contributed by atoms with Gasteiger partial charge >= 0.3 is 11.9 Å². The maximum Gasteiger partial charge on any atom is 0.344 e. The van der Waals surface area contributed by atoms with Gasteiger partial charge < -0.3 is 18.9 Å². The first kappa shape index (κ1) is 27.4. The summed E-state index contributed by atoms with van der Waals surface area (Å²) < 4.78 is 22.7. The first-order valence-corrected chi connectivity index (χ1v) is 12.3. The van der Waals surface area contributed by atoms with Crippen molar-refractivity contribution < 1.29 is 28.5 Å². The quantitative estimate of drug-likeness (QED) is 0.172. The van der Waals surface area contributed by atoms with Crippen molar-refractivity contribution >= 4 is 27.9 Å². The van der Waals surface area contributed by atoms with Crippen molar-refractivity contribution in [2.24, 2.45) is 0 Å². The molecule has 0 aromatic heterocycles. The highest BCUT2D eigenvalue weighted by atomic mass is 79.9. The Balaban J connectivity index is 1.91. The Labute approximate surface area is 220 Å². The lowest BCUT2D eigenvalue weighted by Gasteiger charge is -2.20. The zero-order valence-corrected chi connectivity index (χ0v) is 23.3. The Kier molecular flexibility index (Phi) is 8.93. The van der Waals surface area contributed by atoms with E-state index in [0.29, 0.717) is 56.0 Å². The standard InChI is InChI=1S/C29H31BrO6/c1-16-13-23(34-14-22-11-9-8-10-12-22)26(30)21(6)24(16)29(32)36-27-19(4)17(2)25(18(3)20(27)5)28(31)35-15-33-7/h8-13H,14-15H2,1-7H3. The summed E-state index contributed by atoms with van der Waals surface area (Å²) in [5.74, 6) is 0.152. The molecule has 0 spiro atoms. The van der Waals surface area contributed by atoms with Gasteiger partial charge in [0, 0.05) is 7.11 Å². The van der Waals surface area contributed by atoms with E-state index >= 15 is 0 Å². The normalized spacial score (nSPS) is 10.8. The largest absolute Gasteiger partial charge is 0.488 e. The summed E-state index contributed by atoms with van der Waals surface area (Å²) in [6.07, 6.45) is 0. The van der Waals surface area contributed by atoms with Crippen LogP contribution in [-0.4, -0.2) is 25.8 Å². The topological polar surface area (TPSA) is 71.1 Å². The van der Waals surface area contributed by atoms with Gasteiger partial charge in [-0.1, -0.05) is 30.3 Å². The predicted octanol–water partition coefficient (Wildman–Crippen LogP) is 6.86. The molecule has 0 aliphatic carbocycles. The van der Waals surface area contributed by atoms with Crippen LogP contribution in [-0.2, 0) is 16.1 Å². The molecule has 0 heterocycles. The second-order valence-electron chi connectivity index (χ2n) is 8.71. The molecule has 0 bridgehead atoms. The van der Waals surface area contributed by atoms with Gasteiger partial charge in [-0.15, -0.1) is 0 Å². The number of halogens is 1. The molecule has 190 valence electrons. The fourth-order valence-electron chi connectivity index (χ4n) is 4.14. The third kappa shape index (κ3) is 5.63. The van der Waals surface area contributed by atoms with Crippen LogP contribution >= 0.6 is 15.9 Å². The molecule has 0 unspecified atom stereocenters. The lowest BCUT2D eigenvalue weighted by Crippen LogP contribution is -2.17. The van der Waals surface area contributed by atoms with E-state index in [1.165, 1.54) is 7.11 Å². The fraction of sp³-hybridized carbons (Fsp3) is 0.310. The Hall–Kier alpha value is -3.16. The van der Waals surface area contributed by atoms with Gasteiger partial charge in [-0.3, -0.25) is 0 Å². The van der Waals surface area contributed by atoms with E-state index < -0.39 is 11.9 Å². The predicted molar refractivity (Wildman–Crippen MR) is 142 cm³/mol. The molecule has 0 aliphatic heterocycles. The van der Waals surface area contributed by atoms with Crippen molar-refractivity contribution in [1.29, 1.82) is 0 Å². The summed E-state index contributed by atoms with van der Waals surface area (Å²) in [5.41, 5.74) is 6.24. The number of aryl methyl sites for hydroxylation is 1. The molecule has 0 amide bonds. The second kappa shape index (κ2) is 11.7. The number of esters is 2. The lowest BCUT2D eigenvalue weighted by atomic mass is 9.93. The van der Waals surface area contributed by atoms with E-state index in [4.69, 9.17) is 18.9 Å². The Morgan fingerprint density at radius 1 is 0.806 bits per heavy atom. The summed E-state index contributed by atoms with van der Waals surface area (Å²) in [6, 6.07) is 11.7. The molecule has 0 saturated carbocycles. The first-order valence-electron chi connectivity index (χ1n) is 11.5. The van der Waals surface area contributed by atoms with Crippen LogP contribution in [0.1, 0.15) is 59.7 Å². The molecule has 0 aliphatic rings. The van der Waals surface area contributed by atoms with Crippen molar-refractivity contribution in [2.75, 3.05) is 13.9 Å². The second-order valence-corrected chi connectivity index (χ2v) is 9.50. The van der Waals surface area contributed by atoms with Crippen molar-refractivity contribution in [3.63, 3.8) is 0 Å². The smallest absolute Gasteiger partial charge is 0.344 e. The highest BCUT2D eigenvalue weighted by Crippen LogP contribution is 2.37. The molecule has 0 radical (unpaired) electrons. The summed E-state index contributed by atoms with van der Waals surface area (Å²) >= 11 is 3.60. The number of hydrogen-bond donors (Lipinski definition) is 0. The maximum atomic E-state index is 13.4. The summed E-state index contributed by atoms with van der Waals surface area (Å²) in [6.45, 7) is 11.3. The Morgan fingerprint density at radius 3 is 2.00 bits per heavy atom. The molecule has 36 heavy (non-hydrogen) atoms. The monoisotopic (exact) mass is 554 g/mol. The molecule has 0 N–H and O–H groups in total. The first-order chi connectivity index (χ1) is 17.1. The molecule has 6 nitrogen and oxygen atoms in total. The number of methoxy groups -OCH3 is 1. The highest BCUT2D eigenvalue weighted by molar-refractivity contribution is 9.10. The number of carbonyl (C=O) groups is 2. The average molecular weight is 555 g/mol. The fourth-order valence-corrected chi connectivity index (χ4v) is 4.57. The van der Waals surface area contributed by atoms with Gasteiger partial charge in [0.15, 0.2) is 6.79 Å². The third-order valence-corrected chi connectivity index (χ3v) is 7.35. The minimum atomic E-state index is -0.474. The molecular formula is C29H31BrO6. The molecular weight excluding hydrogens is 524 g/mol. The van der Waals surface area contributed by atoms with Crippen LogP contribution < -0.4 is 9.47 Å². The average Bonchev–Trinajstić information content (AvgIpc) is 2.86. The Morgan fingerprint density at radius 2 is 1.42 bits per heavy atom. The number of hydrogen-bond acceptors (Lipinski definition) is 6. The van der Waals surface area contributed by atoms with Crippen LogP contribution in [0.5, 0.6) is 11.5 Å². The zero-order chi connectivity index (χ0) is 26.6. The van der Waals surface area contributed by atoms with Crippen LogP contribution in [0.4, 0.5) is 0 Å². The summed E-state index contributed by atoms with van der Waals surface area (Å²) in [7, 11) is 1.45. The lowest BCUT2D eigenvalue weighted by molar-refractivity contribution is -0.0126. The molecule has 3 aromatic carbocycles. The number of ether oxygens (including phenoxy) is 4. The third-order valence-electron chi connectivity index (χ3n) is 6.37. The Bertz CT molecular complexity index is 1270. The van der Waals surface area contributed by atoms with E-state index in [1.54, 1.807) is 0 Å². The SMILES string of the molecule is COCOC(=O)c1c(C)c(C)c(OC(=O)c2c(C)cc(OCc3ccccc3)c(Br)c2C)c(C)c1C. The van der Waals surface area contributed by atoms with Gasteiger partial charge in [-0.25, -0.2) is 9.59 Å². The highest BCUT2D eigenvalue weighted by Gasteiger charge is 2.25. The molecule has 0 fully saturated rings. The number of carbonyl (C=O) groups excluding carboxylic acids is 2. The van der Waals surface area contributed by atoms with Crippen LogP contribution in [0.25, 0.3) is 0 Å². The van der Waals surface area contributed by atoms with Gasteiger partial charge in [0.1, 0.15) is 18.1 Å². The van der Waals surface area contributed by atoms with Gasteiger partial charge in [0.2, 0.25) is 0 Å². The van der Waals surface area contributed by atoms with Crippen molar-refractivity contribution in [3.8, 4) is 11.5 Å². The van der Waals surface area contributed by atoms with E-state index in [-0.39, 0.29) is 6.79 Å². The van der Waals surface area contributed by atoms with Crippen molar-refractivity contribution in [2.45, 2.75) is 48.1 Å². The van der Waals surface area contributed by atoms with Crippen molar-refractivity contribution in [1.82, 2.24) is 0 Å². The van der Waals surface area contributed by atoms with Crippen LogP contribution in [0.15, 0.2) is 40.9 Å². The molecule has 0 atom stereocenters. The minimum Gasteiger partial charge on any atom is -0.488 e. The zero-order valence-electron chi connectivity index (χ0n) is 21.7. The van der Waals surface area contributed by atoms with Gasteiger partial charge in [-0.05, 0) is 102 Å². The van der Waals surface area contributed by atoms with E-state index in [1.807, 2.05) is 77.9 Å². The van der Waals surface area contributed by atoms with Crippen LogP contribution in [0, 0.1) is 41.5 Å². The van der Waals surface area contributed by atoms with E-state index in [0.717, 1.165) is 16.7 Å². The molecule has 7 heteroatoms. The van der Waals surface area contributed by atoms with Gasteiger partial charge in [0.05, 0.1) is 15.6 Å².